The Bertz CT molecular complexity index is 797. The van der Waals surface area contributed by atoms with Gasteiger partial charge in [-0.1, -0.05) is 0 Å². The van der Waals surface area contributed by atoms with Crippen LogP contribution in [0.5, 0.6) is 0 Å². The molecule has 25 heavy (non-hydrogen) atoms. The van der Waals surface area contributed by atoms with E-state index in [2.05, 4.69) is 0 Å². The van der Waals surface area contributed by atoms with Gasteiger partial charge in [0.25, 0.3) is 0 Å². The van der Waals surface area contributed by atoms with Gasteiger partial charge in [0.05, 0.1) is 5.41 Å². The molecule has 2 aliphatic rings. The maximum Gasteiger partial charge on any atom is 0.246 e. The van der Waals surface area contributed by atoms with Gasteiger partial charge in [-0.2, -0.15) is 4.31 Å². The summed E-state index contributed by atoms with van der Waals surface area (Å²) in [7, 11) is -4.10. The Balaban J connectivity index is 1.88. The first-order valence-corrected chi connectivity index (χ1v) is 9.88. The zero-order valence-corrected chi connectivity index (χ0v) is 15.2. The van der Waals surface area contributed by atoms with Crippen LogP contribution < -0.4 is 0 Å². The van der Waals surface area contributed by atoms with E-state index in [1.807, 2.05) is 13.8 Å². The number of nitrogens with zero attached hydrogens (tertiary/aromatic N) is 2. The quantitative estimate of drug-likeness (QED) is 0.819. The first kappa shape index (κ1) is 18.3. The minimum atomic E-state index is -4.10. The lowest BCUT2D eigenvalue weighted by molar-refractivity contribution is -0.147. The number of hydrogen-bond donors (Lipinski definition) is 0. The summed E-state index contributed by atoms with van der Waals surface area (Å²) < 4.78 is 53.7. The minimum absolute atomic E-state index is 0.0222. The Hall–Kier alpha value is -1.54. The second-order valence-corrected chi connectivity index (χ2v) is 9.05. The fraction of sp³-hybridized carbons (Fsp3) is 0.588. The molecule has 1 amide bonds. The third-order valence-corrected chi connectivity index (χ3v) is 7.10. The summed E-state index contributed by atoms with van der Waals surface area (Å²) in [4.78, 5) is 14.1. The molecule has 1 aromatic rings. The molecule has 1 spiro atoms. The van der Waals surface area contributed by atoms with Crippen molar-refractivity contribution in [3.05, 3.63) is 29.8 Å². The van der Waals surface area contributed by atoms with Crippen LogP contribution in [0.3, 0.4) is 0 Å². The topological polar surface area (TPSA) is 57.7 Å². The minimum Gasteiger partial charge on any atom is -0.340 e. The number of carbonyl (C=O) groups excluding carboxylic acids is 1. The molecule has 0 saturated carbocycles. The summed E-state index contributed by atoms with van der Waals surface area (Å²) in [6.07, 6.45) is 1.88. The zero-order valence-electron chi connectivity index (χ0n) is 14.3. The standard InChI is InChI=1S/C17H22F2N2O3S/c1-12(2)21-8-3-6-17(16(21)22)7-9-20(11-17)25(23,24)15-5-4-13(18)10-14(15)19/h4-5,10,12H,3,6-9,11H2,1-2H3/t17-/m1/s1. The van der Waals surface area contributed by atoms with E-state index in [-0.39, 0.29) is 25.0 Å². The average Bonchev–Trinajstić information content (AvgIpc) is 2.95. The maximum absolute atomic E-state index is 14.0. The fourth-order valence-corrected chi connectivity index (χ4v) is 5.41. The molecule has 0 unspecified atom stereocenters. The lowest BCUT2D eigenvalue weighted by atomic mass is 9.78. The van der Waals surface area contributed by atoms with Gasteiger partial charge in [-0.05, 0) is 45.2 Å². The van der Waals surface area contributed by atoms with Gasteiger partial charge in [-0.3, -0.25) is 4.79 Å². The van der Waals surface area contributed by atoms with Crippen LogP contribution in [0.15, 0.2) is 23.1 Å². The molecule has 0 N–H and O–H groups in total. The Morgan fingerprint density at radius 1 is 1.16 bits per heavy atom. The predicted octanol–water partition coefficient (Wildman–Crippen LogP) is 2.38. The Morgan fingerprint density at radius 3 is 2.52 bits per heavy atom. The SMILES string of the molecule is CC(C)N1CCC[C@]2(CCN(S(=O)(=O)c3ccc(F)cc3F)C2)C1=O. The van der Waals surface area contributed by atoms with E-state index >= 15 is 0 Å². The molecule has 0 aromatic heterocycles. The molecule has 2 heterocycles. The van der Waals surface area contributed by atoms with Crippen molar-refractivity contribution in [3.8, 4) is 0 Å². The van der Waals surface area contributed by atoms with Gasteiger partial charge in [-0.25, -0.2) is 17.2 Å². The second-order valence-electron chi connectivity index (χ2n) is 7.14. The van der Waals surface area contributed by atoms with Crippen LogP contribution in [0, 0.1) is 17.0 Å². The van der Waals surface area contributed by atoms with Crippen LogP contribution in [0.2, 0.25) is 0 Å². The predicted molar refractivity (Wildman–Crippen MR) is 88.2 cm³/mol. The van der Waals surface area contributed by atoms with Gasteiger partial charge < -0.3 is 4.90 Å². The average molecular weight is 372 g/mol. The van der Waals surface area contributed by atoms with Gasteiger partial charge in [0.15, 0.2) is 0 Å². The summed E-state index contributed by atoms with van der Waals surface area (Å²) in [5.41, 5.74) is -0.730. The van der Waals surface area contributed by atoms with Gasteiger partial charge in [0.1, 0.15) is 16.5 Å². The molecule has 1 atom stereocenters. The summed E-state index contributed by atoms with van der Waals surface area (Å²) >= 11 is 0. The van der Waals surface area contributed by atoms with E-state index in [0.717, 1.165) is 22.9 Å². The van der Waals surface area contributed by atoms with Crippen LogP contribution in [-0.4, -0.2) is 49.2 Å². The van der Waals surface area contributed by atoms with Gasteiger partial charge in [0, 0.05) is 31.7 Å². The highest BCUT2D eigenvalue weighted by atomic mass is 32.2. The molecule has 0 aliphatic carbocycles. The molecule has 138 valence electrons. The first-order chi connectivity index (χ1) is 11.7. The third kappa shape index (κ3) is 3.06. The van der Waals surface area contributed by atoms with Crippen LogP contribution in [-0.2, 0) is 14.8 Å². The lowest BCUT2D eigenvalue weighted by Crippen LogP contribution is -2.52. The van der Waals surface area contributed by atoms with Gasteiger partial charge in [0.2, 0.25) is 15.9 Å². The van der Waals surface area contributed by atoms with Gasteiger partial charge in [-0.15, -0.1) is 0 Å². The first-order valence-electron chi connectivity index (χ1n) is 8.44. The van der Waals surface area contributed by atoms with Crippen molar-refractivity contribution in [2.45, 2.75) is 44.0 Å². The smallest absolute Gasteiger partial charge is 0.246 e. The number of amides is 1. The Labute approximate surface area is 146 Å². The Morgan fingerprint density at radius 2 is 1.88 bits per heavy atom. The van der Waals surface area contributed by atoms with Gasteiger partial charge >= 0.3 is 0 Å². The Kier molecular flexibility index (Phi) is 4.61. The number of carbonyl (C=O) groups is 1. The molecule has 5 nitrogen and oxygen atoms in total. The van der Waals surface area contributed by atoms with E-state index in [0.29, 0.717) is 25.5 Å². The fourth-order valence-electron chi connectivity index (χ4n) is 3.84. The van der Waals surface area contributed by atoms with E-state index in [1.165, 1.54) is 0 Å². The van der Waals surface area contributed by atoms with Crippen LogP contribution in [0.4, 0.5) is 8.78 Å². The van der Waals surface area contributed by atoms with Crippen LogP contribution in [0.25, 0.3) is 0 Å². The molecule has 0 bridgehead atoms. The summed E-state index contributed by atoms with van der Waals surface area (Å²) in [5, 5.41) is 0. The molecule has 2 saturated heterocycles. The number of halogens is 2. The van der Waals surface area contributed by atoms with Crippen molar-refractivity contribution in [1.29, 1.82) is 0 Å². The molecule has 2 aliphatic heterocycles. The normalized spacial score (nSPS) is 25.3. The molecule has 1 aromatic carbocycles. The molecule has 2 fully saturated rings. The van der Waals surface area contributed by atoms with E-state index in [4.69, 9.17) is 0 Å². The van der Waals surface area contributed by atoms with Crippen molar-refractivity contribution >= 4 is 15.9 Å². The summed E-state index contributed by atoms with van der Waals surface area (Å²) in [5.74, 6) is -1.96. The number of likely N-dealkylation sites (tertiary alicyclic amines) is 1. The second kappa shape index (κ2) is 6.32. The third-order valence-electron chi connectivity index (χ3n) is 5.22. The van der Waals surface area contributed by atoms with Crippen molar-refractivity contribution < 1.29 is 22.0 Å². The highest BCUT2D eigenvalue weighted by Gasteiger charge is 2.51. The molecular formula is C17H22F2N2O3S. The summed E-state index contributed by atoms with van der Waals surface area (Å²) in [6.45, 7) is 4.77. The molecular weight excluding hydrogens is 350 g/mol. The number of benzene rings is 1. The summed E-state index contributed by atoms with van der Waals surface area (Å²) in [6, 6.07) is 2.48. The number of rotatable bonds is 3. The van der Waals surface area contributed by atoms with Crippen LogP contribution >= 0.6 is 0 Å². The van der Waals surface area contributed by atoms with E-state index in [9.17, 15) is 22.0 Å². The molecule has 8 heteroatoms. The number of hydrogen-bond acceptors (Lipinski definition) is 3. The van der Waals surface area contributed by atoms with Crippen molar-refractivity contribution in [2.24, 2.45) is 5.41 Å². The van der Waals surface area contributed by atoms with Crippen molar-refractivity contribution in [3.63, 3.8) is 0 Å². The van der Waals surface area contributed by atoms with Crippen molar-refractivity contribution in [2.75, 3.05) is 19.6 Å². The van der Waals surface area contributed by atoms with E-state index in [1.54, 1.807) is 4.90 Å². The highest BCUT2D eigenvalue weighted by Crippen LogP contribution is 2.42. The van der Waals surface area contributed by atoms with E-state index < -0.39 is 32.0 Å². The monoisotopic (exact) mass is 372 g/mol. The maximum atomic E-state index is 14.0. The van der Waals surface area contributed by atoms with Crippen LogP contribution in [0.1, 0.15) is 33.1 Å². The molecule has 0 radical (unpaired) electrons. The number of sulfonamides is 1. The van der Waals surface area contributed by atoms with Crippen molar-refractivity contribution in [1.82, 2.24) is 9.21 Å². The number of piperidine rings is 1. The largest absolute Gasteiger partial charge is 0.340 e. The molecule has 3 rings (SSSR count). The highest BCUT2D eigenvalue weighted by molar-refractivity contribution is 7.89. The lowest BCUT2D eigenvalue weighted by Gasteiger charge is -2.41. The zero-order chi connectivity index (χ0) is 18.4.